The summed E-state index contributed by atoms with van der Waals surface area (Å²) in [5.74, 6) is 0.290. The SMILES string of the molecule is COc1cc(C)ccc1OCC(=O)N1CCN(CC(=O)Nc2ccccc2C(F)(F)F)CC1. The summed E-state index contributed by atoms with van der Waals surface area (Å²) in [5, 5.41) is 2.34. The Morgan fingerprint density at radius 3 is 2.39 bits per heavy atom. The summed E-state index contributed by atoms with van der Waals surface area (Å²) >= 11 is 0. The lowest BCUT2D eigenvalue weighted by atomic mass is 10.1. The van der Waals surface area contributed by atoms with Crippen molar-refractivity contribution in [2.24, 2.45) is 0 Å². The number of methoxy groups -OCH3 is 1. The molecular formula is C23H26F3N3O4. The number of para-hydroxylation sites is 1. The predicted molar refractivity (Wildman–Crippen MR) is 116 cm³/mol. The van der Waals surface area contributed by atoms with E-state index in [1.807, 2.05) is 19.1 Å². The van der Waals surface area contributed by atoms with Gasteiger partial charge < -0.3 is 19.7 Å². The molecule has 0 radical (unpaired) electrons. The van der Waals surface area contributed by atoms with Crippen molar-refractivity contribution in [2.45, 2.75) is 13.1 Å². The van der Waals surface area contributed by atoms with Gasteiger partial charge in [0.05, 0.1) is 24.9 Å². The molecular weight excluding hydrogens is 439 g/mol. The Hall–Kier alpha value is -3.27. The Balaban J connectivity index is 1.46. The summed E-state index contributed by atoms with van der Waals surface area (Å²) in [7, 11) is 1.53. The highest BCUT2D eigenvalue weighted by Gasteiger charge is 2.33. The van der Waals surface area contributed by atoms with Gasteiger partial charge in [0.25, 0.3) is 5.91 Å². The first-order valence-corrected chi connectivity index (χ1v) is 10.4. The molecule has 2 aromatic carbocycles. The number of ether oxygens (including phenoxy) is 2. The number of benzene rings is 2. The van der Waals surface area contributed by atoms with Crippen LogP contribution in [-0.2, 0) is 15.8 Å². The molecule has 0 aromatic heterocycles. The van der Waals surface area contributed by atoms with E-state index in [2.05, 4.69) is 5.32 Å². The second-order valence-corrected chi connectivity index (χ2v) is 7.69. The van der Waals surface area contributed by atoms with Crippen LogP contribution in [0.15, 0.2) is 42.5 Å². The normalized spacial score (nSPS) is 14.6. The van der Waals surface area contributed by atoms with Gasteiger partial charge in [0.1, 0.15) is 0 Å². The minimum absolute atomic E-state index is 0.0642. The number of nitrogens with zero attached hydrogens (tertiary/aromatic N) is 2. The first-order chi connectivity index (χ1) is 15.7. The van der Waals surface area contributed by atoms with Crippen molar-refractivity contribution in [3.05, 3.63) is 53.6 Å². The number of halogens is 3. The minimum Gasteiger partial charge on any atom is -0.493 e. The van der Waals surface area contributed by atoms with Gasteiger partial charge >= 0.3 is 6.18 Å². The van der Waals surface area contributed by atoms with Crippen molar-refractivity contribution in [1.82, 2.24) is 9.80 Å². The van der Waals surface area contributed by atoms with Crippen molar-refractivity contribution in [2.75, 3.05) is 51.8 Å². The van der Waals surface area contributed by atoms with Crippen LogP contribution in [0.3, 0.4) is 0 Å². The lowest BCUT2D eigenvalue weighted by Gasteiger charge is -2.34. The van der Waals surface area contributed by atoms with Crippen molar-refractivity contribution < 1.29 is 32.2 Å². The molecule has 1 aliphatic heterocycles. The predicted octanol–water partition coefficient (Wildman–Crippen LogP) is 3.18. The van der Waals surface area contributed by atoms with Crippen LogP contribution in [-0.4, -0.2) is 68.1 Å². The van der Waals surface area contributed by atoms with Crippen molar-refractivity contribution in [1.29, 1.82) is 0 Å². The average molecular weight is 465 g/mol. The summed E-state index contributed by atoms with van der Waals surface area (Å²) in [5.41, 5.74) is -0.154. The molecule has 1 aliphatic rings. The van der Waals surface area contributed by atoms with Gasteiger partial charge in [-0.25, -0.2) is 0 Å². The number of carbonyl (C=O) groups excluding carboxylic acids is 2. The molecule has 1 N–H and O–H groups in total. The van der Waals surface area contributed by atoms with Gasteiger partial charge in [-0.1, -0.05) is 18.2 Å². The molecule has 2 amide bonds. The third-order valence-electron chi connectivity index (χ3n) is 5.27. The number of amides is 2. The topological polar surface area (TPSA) is 71.1 Å². The molecule has 3 rings (SSSR count). The first kappa shape index (κ1) is 24.4. The number of aryl methyl sites for hydroxylation is 1. The lowest BCUT2D eigenvalue weighted by molar-refractivity contribution is -0.137. The van der Waals surface area contributed by atoms with Crippen molar-refractivity contribution in [3.63, 3.8) is 0 Å². The zero-order chi connectivity index (χ0) is 24.0. The molecule has 0 saturated carbocycles. The van der Waals surface area contributed by atoms with Gasteiger partial charge in [-0.3, -0.25) is 14.5 Å². The van der Waals surface area contributed by atoms with Crippen LogP contribution in [0.1, 0.15) is 11.1 Å². The number of anilines is 1. The lowest BCUT2D eigenvalue weighted by Crippen LogP contribution is -2.51. The van der Waals surface area contributed by atoms with E-state index in [1.54, 1.807) is 15.9 Å². The Kier molecular flexibility index (Phi) is 7.80. The van der Waals surface area contributed by atoms with E-state index in [0.29, 0.717) is 37.7 Å². The van der Waals surface area contributed by atoms with Crippen molar-refractivity contribution in [3.8, 4) is 11.5 Å². The Morgan fingerprint density at radius 1 is 1.03 bits per heavy atom. The van der Waals surface area contributed by atoms with E-state index in [9.17, 15) is 22.8 Å². The number of hydrogen-bond donors (Lipinski definition) is 1. The Labute approximate surface area is 190 Å². The maximum absolute atomic E-state index is 13.1. The molecule has 10 heteroatoms. The van der Waals surface area contributed by atoms with Crippen LogP contribution in [0.5, 0.6) is 11.5 Å². The summed E-state index contributed by atoms with van der Waals surface area (Å²) in [6.07, 6.45) is -4.56. The summed E-state index contributed by atoms with van der Waals surface area (Å²) in [6, 6.07) is 10.3. The van der Waals surface area contributed by atoms with Gasteiger partial charge in [-0.15, -0.1) is 0 Å². The van der Waals surface area contributed by atoms with Crippen molar-refractivity contribution >= 4 is 17.5 Å². The fourth-order valence-corrected chi connectivity index (χ4v) is 3.51. The number of carbonyl (C=O) groups is 2. The summed E-state index contributed by atoms with van der Waals surface area (Å²) in [6.45, 7) is 3.34. The first-order valence-electron chi connectivity index (χ1n) is 10.4. The fourth-order valence-electron chi connectivity index (χ4n) is 3.51. The maximum atomic E-state index is 13.1. The van der Waals surface area contributed by atoms with Crippen LogP contribution in [0, 0.1) is 6.92 Å². The van der Waals surface area contributed by atoms with E-state index in [-0.39, 0.29) is 24.7 Å². The van der Waals surface area contributed by atoms with E-state index >= 15 is 0 Å². The standard InChI is InChI=1S/C23H26F3N3O4/c1-16-7-8-19(20(13-16)32-2)33-15-22(31)29-11-9-28(10-12-29)14-21(30)27-18-6-4-3-5-17(18)23(24,25)26/h3-8,13H,9-12,14-15H2,1-2H3,(H,27,30). The van der Waals surface area contributed by atoms with E-state index in [0.717, 1.165) is 11.6 Å². The van der Waals surface area contributed by atoms with E-state index in [4.69, 9.17) is 9.47 Å². The maximum Gasteiger partial charge on any atom is 0.418 e. The number of alkyl halides is 3. The van der Waals surface area contributed by atoms with Gasteiger partial charge in [0.2, 0.25) is 5.91 Å². The molecule has 0 spiro atoms. The highest BCUT2D eigenvalue weighted by molar-refractivity contribution is 5.93. The average Bonchev–Trinajstić information content (AvgIpc) is 2.78. The molecule has 0 atom stereocenters. The molecule has 33 heavy (non-hydrogen) atoms. The summed E-state index contributed by atoms with van der Waals surface area (Å²) < 4.78 is 50.1. The van der Waals surface area contributed by atoms with E-state index in [1.165, 1.54) is 25.3 Å². The summed E-state index contributed by atoms with van der Waals surface area (Å²) in [4.78, 5) is 28.2. The van der Waals surface area contributed by atoms with Gasteiger partial charge in [0, 0.05) is 26.2 Å². The van der Waals surface area contributed by atoms with Gasteiger partial charge in [-0.05, 0) is 36.8 Å². The largest absolute Gasteiger partial charge is 0.493 e. The van der Waals surface area contributed by atoms with Crippen LogP contribution < -0.4 is 14.8 Å². The molecule has 1 saturated heterocycles. The number of piperazine rings is 1. The van der Waals surface area contributed by atoms with Gasteiger partial charge in [-0.2, -0.15) is 13.2 Å². The number of hydrogen-bond acceptors (Lipinski definition) is 5. The van der Waals surface area contributed by atoms with E-state index < -0.39 is 17.6 Å². The number of rotatable bonds is 7. The number of nitrogens with one attached hydrogen (secondary N) is 1. The zero-order valence-electron chi connectivity index (χ0n) is 18.4. The monoisotopic (exact) mass is 465 g/mol. The van der Waals surface area contributed by atoms with Gasteiger partial charge in [0.15, 0.2) is 18.1 Å². The van der Waals surface area contributed by atoms with Crippen LogP contribution in [0.4, 0.5) is 18.9 Å². The Bertz CT molecular complexity index is 989. The van der Waals surface area contributed by atoms with Crippen LogP contribution >= 0.6 is 0 Å². The zero-order valence-corrected chi connectivity index (χ0v) is 18.4. The molecule has 0 bridgehead atoms. The smallest absolute Gasteiger partial charge is 0.418 e. The second-order valence-electron chi connectivity index (χ2n) is 7.69. The second kappa shape index (κ2) is 10.6. The molecule has 0 aliphatic carbocycles. The molecule has 1 heterocycles. The fraction of sp³-hybridized carbons (Fsp3) is 0.391. The van der Waals surface area contributed by atoms with Crippen LogP contribution in [0.25, 0.3) is 0 Å². The van der Waals surface area contributed by atoms with Crippen LogP contribution in [0.2, 0.25) is 0 Å². The molecule has 0 unspecified atom stereocenters. The molecule has 2 aromatic rings. The molecule has 178 valence electrons. The quantitative estimate of drug-likeness (QED) is 0.680. The Morgan fingerprint density at radius 2 is 1.73 bits per heavy atom. The molecule has 7 nitrogen and oxygen atoms in total. The highest BCUT2D eigenvalue weighted by atomic mass is 19.4. The highest BCUT2D eigenvalue weighted by Crippen LogP contribution is 2.34. The third-order valence-corrected chi connectivity index (χ3v) is 5.27. The third kappa shape index (κ3) is 6.61. The molecule has 1 fully saturated rings. The minimum atomic E-state index is -4.56.